The highest BCUT2D eigenvalue weighted by atomic mass is 19.4. The summed E-state index contributed by atoms with van der Waals surface area (Å²) in [5.74, 6) is 0. The number of hydrogen-bond acceptors (Lipinski definition) is 0. The second-order valence-corrected chi connectivity index (χ2v) is 4.26. The number of hydrogen-bond donors (Lipinski definition) is 0. The fourth-order valence-corrected chi connectivity index (χ4v) is 1.59. The van der Waals surface area contributed by atoms with E-state index in [0.29, 0.717) is 0 Å². The Kier molecular flexibility index (Phi) is 1.91. The van der Waals surface area contributed by atoms with Crippen molar-refractivity contribution in [2.75, 3.05) is 0 Å². The lowest BCUT2D eigenvalue weighted by Gasteiger charge is -2.17. The summed E-state index contributed by atoms with van der Waals surface area (Å²) in [6.07, 6.45) is 2.00. The van der Waals surface area contributed by atoms with Gasteiger partial charge in [-0.15, -0.1) is 5.46 Å². The second-order valence-electron chi connectivity index (χ2n) is 4.26. The van der Waals surface area contributed by atoms with Crippen molar-refractivity contribution in [1.82, 2.24) is 0 Å². The third-order valence-corrected chi connectivity index (χ3v) is 2.96. The lowest BCUT2D eigenvalue weighted by molar-refractivity contribution is 0.501. The Labute approximate surface area is 81.2 Å². The molecule has 4 heteroatoms. The highest BCUT2D eigenvalue weighted by Crippen LogP contribution is 2.47. The van der Waals surface area contributed by atoms with Crippen LogP contribution in [-0.2, 0) is 5.41 Å². The van der Waals surface area contributed by atoms with Crippen molar-refractivity contribution in [3.63, 3.8) is 0 Å². The highest BCUT2D eigenvalue weighted by molar-refractivity contribution is 6.73. The average molecular weight is 199 g/mol. The molecule has 14 heavy (non-hydrogen) atoms. The zero-order chi connectivity index (χ0) is 10.4. The fraction of sp³-hybridized carbons (Fsp3) is 0.400. The van der Waals surface area contributed by atoms with Gasteiger partial charge in [0.2, 0.25) is 0 Å². The van der Waals surface area contributed by atoms with Crippen LogP contribution in [0.15, 0.2) is 24.3 Å². The molecule has 0 saturated heterocycles. The first-order valence-corrected chi connectivity index (χ1v) is 4.72. The van der Waals surface area contributed by atoms with Crippen LogP contribution < -0.4 is 5.46 Å². The smallest absolute Gasteiger partial charge is 0.445 e. The average Bonchev–Trinajstić information content (AvgIpc) is 2.84. The molecule has 1 fully saturated rings. The summed E-state index contributed by atoms with van der Waals surface area (Å²) >= 11 is 0. The van der Waals surface area contributed by atoms with Gasteiger partial charge in [-0.25, -0.2) is 0 Å². The summed E-state index contributed by atoms with van der Waals surface area (Å²) < 4.78 is 37.3. The number of rotatable bonds is 2. The summed E-state index contributed by atoms with van der Waals surface area (Å²) in [5.41, 5.74) is 0.363. The SMILES string of the molecule is CC1(c2cccc([B-](F)(F)F)c2)CC1. The molecular weight excluding hydrogens is 188 g/mol. The molecule has 1 aromatic rings. The molecule has 0 atom stereocenters. The van der Waals surface area contributed by atoms with Gasteiger partial charge in [-0.1, -0.05) is 31.2 Å². The van der Waals surface area contributed by atoms with Crippen molar-refractivity contribution in [2.45, 2.75) is 25.2 Å². The minimum atomic E-state index is -4.85. The van der Waals surface area contributed by atoms with E-state index < -0.39 is 12.4 Å². The summed E-state index contributed by atoms with van der Waals surface area (Å²) in [6, 6.07) is 5.74. The molecule has 0 aliphatic heterocycles. The van der Waals surface area contributed by atoms with Crippen LogP contribution in [0.2, 0.25) is 0 Å². The van der Waals surface area contributed by atoms with Crippen LogP contribution in [0.3, 0.4) is 0 Å². The van der Waals surface area contributed by atoms with Gasteiger partial charge in [0, 0.05) is 0 Å². The lowest BCUT2D eigenvalue weighted by atomic mass is 9.78. The van der Waals surface area contributed by atoms with Crippen LogP contribution in [-0.4, -0.2) is 6.98 Å². The number of halogens is 3. The lowest BCUT2D eigenvalue weighted by Crippen LogP contribution is -2.34. The van der Waals surface area contributed by atoms with Crippen molar-refractivity contribution < 1.29 is 12.9 Å². The zero-order valence-electron chi connectivity index (χ0n) is 7.93. The van der Waals surface area contributed by atoms with E-state index in [2.05, 4.69) is 0 Å². The summed E-state index contributed by atoms with van der Waals surface area (Å²) in [7, 11) is 0. The van der Waals surface area contributed by atoms with Crippen LogP contribution in [0.1, 0.15) is 25.3 Å². The van der Waals surface area contributed by atoms with E-state index in [0.717, 1.165) is 24.5 Å². The molecule has 1 aliphatic rings. The predicted octanol–water partition coefficient (Wildman–Crippen LogP) is 2.79. The van der Waals surface area contributed by atoms with Gasteiger partial charge in [0.25, 0.3) is 0 Å². The molecule has 76 valence electrons. The van der Waals surface area contributed by atoms with Crippen molar-refractivity contribution in [3.05, 3.63) is 29.8 Å². The van der Waals surface area contributed by atoms with Crippen LogP contribution >= 0.6 is 0 Å². The first-order valence-electron chi connectivity index (χ1n) is 4.72. The summed E-state index contributed by atoms with van der Waals surface area (Å²) in [5, 5.41) is 0. The second kappa shape index (κ2) is 2.78. The third kappa shape index (κ3) is 1.65. The van der Waals surface area contributed by atoms with Crippen LogP contribution in [0.5, 0.6) is 0 Å². The van der Waals surface area contributed by atoms with Crippen LogP contribution in [0.4, 0.5) is 12.9 Å². The van der Waals surface area contributed by atoms with Crippen LogP contribution in [0.25, 0.3) is 0 Å². The Morgan fingerprint density at radius 3 is 2.36 bits per heavy atom. The van der Waals surface area contributed by atoms with E-state index in [4.69, 9.17) is 0 Å². The molecule has 0 N–H and O–H groups in total. The number of benzene rings is 1. The van der Waals surface area contributed by atoms with Crippen LogP contribution in [0, 0.1) is 0 Å². The van der Waals surface area contributed by atoms with Gasteiger partial charge in [-0.3, -0.25) is 0 Å². The van der Waals surface area contributed by atoms with Gasteiger partial charge >= 0.3 is 6.98 Å². The van der Waals surface area contributed by atoms with Crippen molar-refractivity contribution in [1.29, 1.82) is 0 Å². The monoisotopic (exact) mass is 199 g/mol. The Morgan fingerprint density at radius 2 is 1.86 bits per heavy atom. The van der Waals surface area contributed by atoms with E-state index in [1.807, 2.05) is 6.92 Å². The van der Waals surface area contributed by atoms with E-state index in [1.54, 1.807) is 6.07 Å². The molecule has 2 rings (SSSR count). The van der Waals surface area contributed by atoms with E-state index in [9.17, 15) is 12.9 Å². The highest BCUT2D eigenvalue weighted by Gasteiger charge is 2.39. The molecule has 0 spiro atoms. The van der Waals surface area contributed by atoms with Gasteiger partial charge < -0.3 is 12.9 Å². The minimum Gasteiger partial charge on any atom is -0.445 e. The Bertz CT molecular complexity index is 332. The normalized spacial score (nSPS) is 19.4. The molecule has 0 bridgehead atoms. The standard InChI is InChI=1S/C10H11BF3/c1-10(5-6-10)8-3-2-4-9(7-8)11(12,13)14/h2-4,7H,5-6H2,1H3/q-1. The van der Waals surface area contributed by atoms with Crippen molar-refractivity contribution in [3.8, 4) is 0 Å². The Hall–Kier alpha value is -0.925. The van der Waals surface area contributed by atoms with E-state index >= 15 is 0 Å². The maximum atomic E-state index is 12.4. The molecule has 0 radical (unpaired) electrons. The third-order valence-electron chi connectivity index (χ3n) is 2.96. The quantitative estimate of drug-likeness (QED) is 0.642. The minimum absolute atomic E-state index is 0.0112. The Morgan fingerprint density at radius 1 is 1.21 bits per heavy atom. The topological polar surface area (TPSA) is 0 Å². The van der Waals surface area contributed by atoms with Gasteiger partial charge in [0.15, 0.2) is 0 Å². The van der Waals surface area contributed by atoms with Crippen molar-refractivity contribution >= 4 is 12.4 Å². The molecule has 0 aromatic heterocycles. The largest absolute Gasteiger partial charge is 0.509 e. The van der Waals surface area contributed by atoms with Crippen molar-refractivity contribution in [2.24, 2.45) is 0 Å². The molecule has 0 unspecified atom stereocenters. The molecule has 0 amide bonds. The molecule has 1 aromatic carbocycles. The summed E-state index contributed by atoms with van der Waals surface area (Å²) in [4.78, 5) is 0. The molecular formula is C10H11BF3-. The molecule has 1 saturated carbocycles. The first kappa shape index (κ1) is 9.62. The maximum Gasteiger partial charge on any atom is 0.509 e. The predicted molar refractivity (Wildman–Crippen MR) is 51.7 cm³/mol. The molecule has 1 aliphatic carbocycles. The molecule has 0 heterocycles. The zero-order valence-corrected chi connectivity index (χ0v) is 7.93. The maximum absolute atomic E-state index is 12.4. The van der Waals surface area contributed by atoms with Gasteiger partial charge in [-0.2, -0.15) is 0 Å². The Balaban J connectivity index is 2.37. The summed E-state index contributed by atoms with van der Waals surface area (Å²) in [6.45, 7) is -2.84. The fourth-order valence-electron chi connectivity index (χ4n) is 1.59. The van der Waals surface area contributed by atoms with E-state index in [-0.39, 0.29) is 5.41 Å². The van der Waals surface area contributed by atoms with Gasteiger partial charge in [-0.05, 0) is 23.8 Å². The van der Waals surface area contributed by atoms with Gasteiger partial charge in [0.1, 0.15) is 0 Å². The first-order chi connectivity index (χ1) is 6.42. The molecule has 0 nitrogen and oxygen atoms in total. The van der Waals surface area contributed by atoms with E-state index in [1.165, 1.54) is 12.1 Å². The van der Waals surface area contributed by atoms with Gasteiger partial charge in [0.05, 0.1) is 0 Å².